The van der Waals surface area contributed by atoms with E-state index in [0.29, 0.717) is 36.7 Å². The van der Waals surface area contributed by atoms with Crippen molar-refractivity contribution in [2.45, 2.75) is 38.3 Å². The van der Waals surface area contributed by atoms with E-state index in [1.807, 2.05) is 24.3 Å². The molecule has 1 aliphatic carbocycles. The van der Waals surface area contributed by atoms with Crippen LogP contribution in [0.3, 0.4) is 0 Å². The lowest BCUT2D eigenvalue weighted by Crippen LogP contribution is -2.32. The topological polar surface area (TPSA) is 105 Å². The van der Waals surface area contributed by atoms with E-state index in [0.717, 1.165) is 42.6 Å². The van der Waals surface area contributed by atoms with Crippen LogP contribution in [0, 0.1) is 3.95 Å². The van der Waals surface area contributed by atoms with Gasteiger partial charge in [-0.25, -0.2) is 0 Å². The number of thiazole rings is 1. The third-order valence-corrected chi connectivity index (χ3v) is 7.69. The molecule has 1 aliphatic rings. The molecule has 8 nitrogen and oxygen atoms in total. The number of carbonyl (C=O) groups excluding carboxylic acids is 2. The predicted octanol–water partition coefficient (Wildman–Crippen LogP) is 4.18. The van der Waals surface area contributed by atoms with Crippen molar-refractivity contribution in [3.63, 3.8) is 0 Å². The number of fused-ring (bicyclic) bond motifs is 3. The number of ether oxygens (including phenoxy) is 1. The minimum absolute atomic E-state index is 0.143. The Bertz CT molecular complexity index is 1560. The summed E-state index contributed by atoms with van der Waals surface area (Å²) in [5.74, 6) is 0.149. The molecule has 2 amide bonds. The van der Waals surface area contributed by atoms with E-state index in [1.54, 1.807) is 29.7 Å². The molecule has 0 radical (unpaired) electrons. The van der Waals surface area contributed by atoms with E-state index in [4.69, 9.17) is 17.0 Å². The number of hydrogen-bond acceptors (Lipinski definition) is 6. The highest BCUT2D eigenvalue weighted by atomic mass is 32.1. The molecule has 35 heavy (non-hydrogen) atoms. The molecule has 5 rings (SSSR count). The van der Waals surface area contributed by atoms with Crippen molar-refractivity contribution in [1.82, 2.24) is 20.0 Å². The van der Waals surface area contributed by atoms with E-state index < -0.39 is 0 Å². The standard InChI is InChI=1S/C25H24N4O4S2/c1-33-19-9-5-2-6-15(19)13-26-22(30)14-10-11-17-18(12-14)29-21(28-23(17)31)20(35-25(29)34)24(32)27-16-7-3-4-8-16/h2,5-6,9-12,16H,3-4,7-8,13H2,1H3,(H,26,30)(H,27,32)(H,28,31). The molecular weight excluding hydrogens is 484 g/mol. The first kappa shape index (κ1) is 23.3. The summed E-state index contributed by atoms with van der Waals surface area (Å²) in [6.07, 6.45) is 4.10. The number of aromatic nitrogens is 2. The van der Waals surface area contributed by atoms with E-state index in [9.17, 15) is 14.4 Å². The van der Waals surface area contributed by atoms with Gasteiger partial charge in [-0.15, -0.1) is 0 Å². The van der Waals surface area contributed by atoms with Crippen molar-refractivity contribution in [1.29, 1.82) is 0 Å². The molecule has 2 aromatic carbocycles. The number of nitrogens with one attached hydrogen (secondary N) is 3. The number of methoxy groups -OCH3 is 1. The Kier molecular flexibility index (Phi) is 6.40. The average Bonchev–Trinajstić information content (AvgIpc) is 3.50. The van der Waals surface area contributed by atoms with E-state index in [1.165, 1.54) is 0 Å². The number of amides is 2. The van der Waals surface area contributed by atoms with Gasteiger partial charge in [-0.05, 0) is 49.3 Å². The second kappa shape index (κ2) is 9.63. The SMILES string of the molecule is COc1ccccc1CNC(=O)c1ccc2c(=O)[nH]c3c(C(=O)NC4CCCC4)sc(=S)n3c2c1. The summed E-state index contributed by atoms with van der Waals surface area (Å²) in [4.78, 5) is 41.9. The molecule has 0 spiro atoms. The number of hydrogen-bond donors (Lipinski definition) is 3. The maximum atomic E-state index is 13.0. The number of carbonyl (C=O) groups is 2. The zero-order valence-electron chi connectivity index (χ0n) is 19.1. The van der Waals surface area contributed by atoms with Crippen LogP contribution in [0.15, 0.2) is 47.3 Å². The minimum atomic E-state index is -0.344. The van der Waals surface area contributed by atoms with Crippen LogP contribution in [0.5, 0.6) is 5.75 Å². The Hall–Kier alpha value is -3.50. The molecule has 4 aromatic rings. The zero-order chi connectivity index (χ0) is 24.5. The zero-order valence-corrected chi connectivity index (χ0v) is 20.7. The summed E-state index contributed by atoms with van der Waals surface area (Å²) in [5.41, 5.74) is 1.71. The molecule has 0 saturated heterocycles. The Balaban J connectivity index is 1.49. The smallest absolute Gasteiger partial charge is 0.265 e. The molecule has 180 valence electrons. The first-order chi connectivity index (χ1) is 17.0. The summed E-state index contributed by atoms with van der Waals surface area (Å²) in [6, 6.07) is 12.4. The lowest BCUT2D eigenvalue weighted by Gasteiger charge is -2.11. The van der Waals surface area contributed by atoms with Gasteiger partial charge in [-0.2, -0.15) is 0 Å². The van der Waals surface area contributed by atoms with Crippen LogP contribution in [0.25, 0.3) is 16.6 Å². The van der Waals surface area contributed by atoms with E-state index >= 15 is 0 Å². The Morgan fingerprint density at radius 1 is 1.17 bits per heavy atom. The Morgan fingerprint density at radius 2 is 1.94 bits per heavy atom. The summed E-state index contributed by atoms with van der Waals surface area (Å²) < 4.78 is 7.43. The number of rotatable bonds is 6. The molecule has 1 fully saturated rings. The van der Waals surface area contributed by atoms with Crippen LogP contribution < -0.4 is 20.9 Å². The van der Waals surface area contributed by atoms with Crippen molar-refractivity contribution in [2.75, 3.05) is 7.11 Å². The third-order valence-electron chi connectivity index (χ3n) is 6.32. The van der Waals surface area contributed by atoms with Crippen LogP contribution in [0.2, 0.25) is 0 Å². The quantitative estimate of drug-likeness (QED) is 0.339. The van der Waals surface area contributed by atoms with Crippen LogP contribution in [0.1, 0.15) is 51.3 Å². The largest absolute Gasteiger partial charge is 0.496 e. The van der Waals surface area contributed by atoms with Crippen LogP contribution in [-0.4, -0.2) is 34.4 Å². The molecule has 2 aromatic heterocycles. The van der Waals surface area contributed by atoms with E-state index in [-0.39, 0.29) is 30.0 Å². The summed E-state index contributed by atoms with van der Waals surface area (Å²) in [7, 11) is 1.58. The summed E-state index contributed by atoms with van der Waals surface area (Å²) in [6.45, 7) is 0.287. The molecule has 0 bridgehead atoms. The second-order valence-electron chi connectivity index (χ2n) is 8.52. The molecule has 3 N–H and O–H groups in total. The maximum absolute atomic E-state index is 13.0. The molecule has 10 heteroatoms. The van der Waals surface area contributed by atoms with Gasteiger partial charge in [-0.1, -0.05) is 42.4 Å². The van der Waals surface area contributed by atoms with Gasteiger partial charge in [0.15, 0.2) is 3.95 Å². The van der Waals surface area contributed by atoms with Gasteiger partial charge in [0.05, 0.1) is 18.0 Å². The van der Waals surface area contributed by atoms with Gasteiger partial charge >= 0.3 is 0 Å². The van der Waals surface area contributed by atoms with Crippen LogP contribution >= 0.6 is 23.6 Å². The van der Waals surface area contributed by atoms with Gasteiger partial charge in [0.1, 0.15) is 16.3 Å². The van der Waals surface area contributed by atoms with Gasteiger partial charge < -0.3 is 20.4 Å². The van der Waals surface area contributed by atoms with Crippen molar-refractivity contribution in [3.8, 4) is 5.75 Å². The normalized spacial score (nSPS) is 13.9. The average molecular weight is 509 g/mol. The minimum Gasteiger partial charge on any atom is -0.496 e. The van der Waals surface area contributed by atoms with Crippen molar-refractivity contribution < 1.29 is 14.3 Å². The van der Waals surface area contributed by atoms with Crippen molar-refractivity contribution in [2.24, 2.45) is 0 Å². The monoisotopic (exact) mass is 508 g/mol. The van der Waals surface area contributed by atoms with Crippen molar-refractivity contribution >= 4 is 51.9 Å². The number of benzene rings is 2. The number of para-hydroxylation sites is 1. The molecule has 1 saturated carbocycles. The van der Waals surface area contributed by atoms with Gasteiger partial charge in [-0.3, -0.25) is 18.8 Å². The first-order valence-electron chi connectivity index (χ1n) is 11.4. The fraction of sp³-hybridized carbons (Fsp3) is 0.280. The first-order valence-corrected chi connectivity index (χ1v) is 12.6. The second-order valence-corrected chi connectivity index (χ2v) is 10.2. The lowest BCUT2D eigenvalue weighted by molar-refractivity contribution is 0.0937. The fourth-order valence-electron chi connectivity index (χ4n) is 4.53. The Labute approximate surface area is 209 Å². The number of H-pyrrole nitrogens is 1. The molecule has 2 heterocycles. The predicted molar refractivity (Wildman–Crippen MR) is 138 cm³/mol. The molecule has 0 unspecified atom stereocenters. The molecule has 0 aliphatic heterocycles. The van der Waals surface area contributed by atoms with Gasteiger partial charge in [0.2, 0.25) is 0 Å². The molecular formula is C25H24N4O4S2. The Morgan fingerprint density at radius 3 is 2.71 bits per heavy atom. The highest BCUT2D eigenvalue weighted by Gasteiger charge is 2.23. The van der Waals surface area contributed by atoms with E-state index in [2.05, 4.69) is 15.6 Å². The summed E-state index contributed by atoms with van der Waals surface area (Å²) in [5, 5.41) is 6.33. The van der Waals surface area contributed by atoms with Crippen LogP contribution in [-0.2, 0) is 6.54 Å². The van der Waals surface area contributed by atoms with Gasteiger partial charge in [0.25, 0.3) is 17.4 Å². The molecule has 0 atom stereocenters. The highest BCUT2D eigenvalue weighted by Crippen LogP contribution is 2.25. The maximum Gasteiger partial charge on any atom is 0.265 e. The highest BCUT2D eigenvalue weighted by molar-refractivity contribution is 7.73. The van der Waals surface area contributed by atoms with Crippen LogP contribution in [0.4, 0.5) is 0 Å². The lowest BCUT2D eigenvalue weighted by atomic mass is 10.1. The number of nitrogens with zero attached hydrogens (tertiary/aromatic N) is 1. The number of aromatic amines is 1. The summed E-state index contributed by atoms with van der Waals surface area (Å²) >= 11 is 6.71. The third kappa shape index (κ3) is 4.46. The van der Waals surface area contributed by atoms with Gasteiger partial charge in [0, 0.05) is 23.7 Å². The fourth-order valence-corrected chi connectivity index (χ4v) is 5.82. The van der Waals surface area contributed by atoms with Crippen molar-refractivity contribution in [3.05, 3.63) is 72.8 Å².